The Morgan fingerprint density at radius 2 is 2.17 bits per heavy atom. The topological polar surface area (TPSA) is 50.5 Å². The third-order valence-corrected chi connectivity index (χ3v) is 4.34. The average Bonchev–Trinajstić information content (AvgIpc) is 2.97. The van der Waals surface area contributed by atoms with Gasteiger partial charge < -0.3 is 4.90 Å². The van der Waals surface area contributed by atoms with Gasteiger partial charge in [-0.2, -0.15) is 5.10 Å². The van der Waals surface area contributed by atoms with Crippen LogP contribution in [0.2, 0.25) is 0 Å². The molecule has 0 atom stereocenters. The Morgan fingerprint density at radius 1 is 1.35 bits per heavy atom. The Kier molecular flexibility index (Phi) is 4.34. The predicted octanol–water partition coefficient (Wildman–Crippen LogP) is 3.03. The fourth-order valence-corrected chi connectivity index (χ4v) is 2.92. The second kappa shape index (κ2) is 6.42. The SMILES string of the molecule is CSc1cccc(CN(C)C(=O)c2cnn3cc(C)cnc23)c1. The van der Waals surface area contributed by atoms with Gasteiger partial charge in [0.1, 0.15) is 5.56 Å². The van der Waals surface area contributed by atoms with Crippen molar-refractivity contribution >= 4 is 23.3 Å². The van der Waals surface area contributed by atoms with Crippen molar-refractivity contribution < 1.29 is 4.79 Å². The summed E-state index contributed by atoms with van der Waals surface area (Å²) in [5.41, 5.74) is 3.22. The zero-order chi connectivity index (χ0) is 16.4. The summed E-state index contributed by atoms with van der Waals surface area (Å²) in [6, 6.07) is 8.21. The minimum Gasteiger partial charge on any atom is -0.337 e. The van der Waals surface area contributed by atoms with E-state index in [4.69, 9.17) is 0 Å². The van der Waals surface area contributed by atoms with Crippen molar-refractivity contribution in [3.05, 3.63) is 59.5 Å². The van der Waals surface area contributed by atoms with Crippen LogP contribution in [0, 0.1) is 6.92 Å². The van der Waals surface area contributed by atoms with Crippen LogP contribution in [0.5, 0.6) is 0 Å². The number of rotatable bonds is 4. The van der Waals surface area contributed by atoms with Crippen LogP contribution in [0.15, 0.2) is 47.8 Å². The van der Waals surface area contributed by atoms with Gasteiger partial charge in [-0.1, -0.05) is 12.1 Å². The number of thioether (sulfide) groups is 1. The molecule has 0 aliphatic carbocycles. The number of carbonyl (C=O) groups is 1. The Morgan fingerprint density at radius 3 is 2.96 bits per heavy atom. The van der Waals surface area contributed by atoms with Gasteiger partial charge in [0.2, 0.25) is 0 Å². The highest BCUT2D eigenvalue weighted by Gasteiger charge is 2.18. The highest BCUT2D eigenvalue weighted by molar-refractivity contribution is 7.98. The molecule has 0 radical (unpaired) electrons. The maximum absolute atomic E-state index is 12.7. The van der Waals surface area contributed by atoms with Gasteiger partial charge >= 0.3 is 0 Å². The van der Waals surface area contributed by atoms with Crippen LogP contribution >= 0.6 is 11.8 Å². The monoisotopic (exact) mass is 326 g/mol. The molecule has 0 spiro atoms. The third-order valence-electron chi connectivity index (χ3n) is 3.62. The largest absolute Gasteiger partial charge is 0.337 e. The summed E-state index contributed by atoms with van der Waals surface area (Å²) >= 11 is 1.69. The van der Waals surface area contributed by atoms with Crippen LogP contribution in [0.3, 0.4) is 0 Å². The van der Waals surface area contributed by atoms with Crippen molar-refractivity contribution in [1.82, 2.24) is 19.5 Å². The molecular formula is C17H18N4OS. The van der Waals surface area contributed by atoms with Crippen LogP contribution in [0.4, 0.5) is 0 Å². The van der Waals surface area contributed by atoms with Crippen LogP contribution in [0.25, 0.3) is 5.65 Å². The number of nitrogens with zero attached hydrogens (tertiary/aromatic N) is 4. The molecule has 5 nitrogen and oxygen atoms in total. The number of benzene rings is 1. The third kappa shape index (κ3) is 3.22. The summed E-state index contributed by atoms with van der Waals surface area (Å²) in [5.74, 6) is -0.0779. The molecule has 0 N–H and O–H groups in total. The molecule has 118 valence electrons. The van der Waals surface area contributed by atoms with E-state index in [1.807, 2.05) is 31.5 Å². The number of amides is 1. The first-order valence-corrected chi connectivity index (χ1v) is 8.49. The van der Waals surface area contributed by atoms with E-state index in [2.05, 4.69) is 22.2 Å². The molecule has 1 aromatic carbocycles. The molecule has 23 heavy (non-hydrogen) atoms. The van der Waals surface area contributed by atoms with Crippen molar-refractivity contribution in [2.75, 3.05) is 13.3 Å². The highest BCUT2D eigenvalue weighted by Crippen LogP contribution is 2.18. The molecular weight excluding hydrogens is 308 g/mol. The van der Waals surface area contributed by atoms with E-state index in [1.165, 1.54) is 4.90 Å². The predicted molar refractivity (Wildman–Crippen MR) is 91.7 cm³/mol. The molecule has 0 saturated heterocycles. The highest BCUT2D eigenvalue weighted by atomic mass is 32.2. The van der Waals surface area contributed by atoms with Gasteiger partial charge in [-0.15, -0.1) is 11.8 Å². The lowest BCUT2D eigenvalue weighted by atomic mass is 10.2. The molecule has 0 bridgehead atoms. The van der Waals surface area contributed by atoms with Crippen molar-refractivity contribution in [2.24, 2.45) is 0 Å². The molecule has 6 heteroatoms. The van der Waals surface area contributed by atoms with E-state index < -0.39 is 0 Å². The summed E-state index contributed by atoms with van der Waals surface area (Å²) in [6.45, 7) is 2.50. The van der Waals surface area contributed by atoms with E-state index in [9.17, 15) is 4.79 Å². The molecule has 2 aromatic heterocycles. The van der Waals surface area contributed by atoms with Gasteiger partial charge in [0.05, 0.1) is 6.20 Å². The van der Waals surface area contributed by atoms with Crippen LogP contribution in [-0.4, -0.2) is 38.7 Å². The molecule has 0 fully saturated rings. The average molecular weight is 326 g/mol. The molecule has 0 unspecified atom stereocenters. The fraction of sp³-hybridized carbons (Fsp3) is 0.235. The number of fused-ring (bicyclic) bond motifs is 1. The summed E-state index contributed by atoms with van der Waals surface area (Å²) in [7, 11) is 1.80. The summed E-state index contributed by atoms with van der Waals surface area (Å²) in [5, 5.41) is 4.22. The maximum atomic E-state index is 12.7. The smallest absolute Gasteiger partial charge is 0.259 e. The van der Waals surface area contributed by atoms with Crippen molar-refractivity contribution in [3.63, 3.8) is 0 Å². The van der Waals surface area contributed by atoms with E-state index in [-0.39, 0.29) is 5.91 Å². The van der Waals surface area contributed by atoms with Crippen LogP contribution < -0.4 is 0 Å². The first-order valence-electron chi connectivity index (χ1n) is 7.27. The summed E-state index contributed by atoms with van der Waals surface area (Å²) in [6.07, 6.45) is 7.23. The molecule has 1 amide bonds. The van der Waals surface area contributed by atoms with Crippen molar-refractivity contribution in [3.8, 4) is 0 Å². The summed E-state index contributed by atoms with van der Waals surface area (Å²) < 4.78 is 1.64. The van der Waals surface area contributed by atoms with Gasteiger partial charge in [-0.25, -0.2) is 9.50 Å². The number of hydrogen-bond acceptors (Lipinski definition) is 4. The number of carbonyl (C=O) groups excluding carboxylic acids is 1. The Labute approximate surface area is 139 Å². The minimum absolute atomic E-state index is 0.0779. The zero-order valence-electron chi connectivity index (χ0n) is 13.4. The summed E-state index contributed by atoms with van der Waals surface area (Å²) in [4.78, 5) is 19.9. The van der Waals surface area contributed by atoms with Crippen LogP contribution in [0.1, 0.15) is 21.5 Å². The molecule has 0 saturated carbocycles. The van der Waals surface area contributed by atoms with E-state index >= 15 is 0 Å². The van der Waals surface area contributed by atoms with Gasteiger partial charge in [0.25, 0.3) is 5.91 Å². The molecule has 0 aliphatic rings. The van der Waals surface area contributed by atoms with Crippen LogP contribution in [-0.2, 0) is 6.54 Å². The quantitative estimate of drug-likeness (QED) is 0.692. The lowest BCUT2D eigenvalue weighted by Gasteiger charge is -2.17. The van der Waals surface area contributed by atoms with Crippen molar-refractivity contribution in [2.45, 2.75) is 18.4 Å². The van der Waals surface area contributed by atoms with Gasteiger partial charge in [-0.05, 0) is 36.4 Å². The number of hydrogen-bond donors (Lipinski definition) is 0. The standard InChI is InChI=1S/C17H18N4OS/c1-12-8-18-16-15(9-19-21(16)10-12)17(22)20(2)11-13-5-4-6-14(7-13)23-3/h4-10H,11H2,1-3H3. The maximum Gasteiger partial charge on any atom is 0.259 e. The molecule has 0 aliphatic heterocycles. The fourth-order valence-electron chi connectivity index (χ4n) is 2.44. The molecule has 3 rings (SSSR count). The Hall–Kier alpha value is -2.34. The normalized spacial score (nSPS) is 10.9. The number of aryl methyl sites for hydroxylation is 1. The Bertz CT molecular complexity index is 859. The van der Waals surface area contributed by atoms with E-state index in [0.717, 1.165) is 11.1 Å². The first kappa shape index (κ1) is 15.6. The Balaban J connectivity index is 1.83. The van der Waals surface area contributed by atoms with Gasteiger partial charge in [-0.3, -0.25) is 4.79 Å². The first-order chi connectivity index (χ1) is 11.1. The lowest BCUT2D eigenvalue weighted by Crippen LogP contribution is -2.26. The van der Waals surface area contributed by atoms with Gasteiger partial charge in [0.15, 0.2) is 5.65 Å². The van der Waals surface area contributed by atoms with Gasteiger partial charge in [0, 0.05) is 30.9 Å². The van der Waals surface area contributed by atoms with E-state index in [0.29, 0.717) is 17.8 Å². The number of aromatic nitrogens is 3. The lowest BCUT2D eigenvalue weighted by molar-refractivity contribution is 0.0786. The van der Waals surface area contributed by atoms with E-state index in [1.54, 1.807) is 40.6 Å². The minimum atomic E-state index is -0.0779. The second-order valence-corrected chi connectivity index (χ2v) is 6.35. The molecule has 2 heterocycles. The second-order valence-electron chi connectivity index (χ2n) is 5.47. The molecule has 3 aromatic rings. The zero-order valence-corrected chi connectivity index (χ0v) is 14.2. The van der Waals surface area contributed by atoms with Crippen molar-refractivity contribution in [1.29, 1.82) is 0 Å².